The fourth-order valence-electron chi connectivity index (χ4n) is 3.57. The number of nitrogens with one attached hydrogen (secondary N) is 2. The Morgan fingerprint density at radius 1 is 1.48 bits per heavy atom. The van der Waals surface area contributed by atoms with Crippen LogP contribution in [0.1, 0.15) is 53.6 Å². The van der Waals surface area contributed by atoms with E-state index in [9.17, 15) is 9.59 Å². The average molecular weight is 373 g/mol. The standard InChI is InChI=1S/C18H27N7O2/c1-10(2)16-15(11(3)22-23-16)17(27)25-6-5-13(9-25)24(4)8-12-7-14(26)21-18(19)20-12/h7,10,13H,5-6,8-9H2,1-4H3,(H,22,23)(H3,19,20,21,26)/t13-/m1/s1. The van der Waals surface area contributed by atoms with E-state index >= 15 is 0 Å². The Balaban J connectivity index is 1.68. The number of carbonyl (C=O) groups excluding carboxylic acids is 1. The lowest BCUT2D eigenvalue weighted by Gasteiger charge is -2.24. The summed E-state index contributed by atoms with van der Waals surface area (Å²) in [7, 11) is 1.97. The minimum atomic E-state index is -0.259. The molecule has 3 rings (SSSR count). The summed E-state index contributed by atoms with van der Waals surface area (Å²) in [6.45, 7) is 7.79. The molecule has 1 atom stereocenters. The number of hydrogen-bond donors (Lipinski definition) is 3. The zero-order valence-corrected chi connectivity index (χ0v) is 16.2. The molecule has 4 N–H and O–H groups in total. The number of nitrogen functional groups attached to an aromatic ring is 1. The first kappa shape index (κ1) is 19.1. The van der Waals surface area contributed by atoms with Gasteiger partial charge < -0.3 is 10.6 Å². The summed E-state index contributed by atoms with van der Waals surface area (Å²) >= 11 is 0. The predicted octanol–water partition coefficient (Wildman–Crippen LogP) is 0.854. The van der Waals surface area contributed by atoms with Crippen molar-refractivity contribution in [1.29, 1.82) is 0 Å². The molecule has 2 aromatic rings. The van der Waals surface area contributed by atoms with Crippen molar-refractivity contribution >= 4 is 11.9 Å². The van der Waals surface area contributed by atoms with Crippen molar-refractivity contribution < 1.29 is 4.79 Å². The number of carbonyl (C=O) groups is 1. The van der Waals surface area contributed by atoms with E-state index in [2.05, 4.69) is 25.1 Å². The van der Waals surface area contributed by atoms with Gasteiger partial charge in [-0.15, -0.1) is 0 Å². The second-order valence-electron chi connectivity index (χ2n) is 7.49. The first-order valence-corrected chi connectivity index (χ1v) is 9.16. The highest BCUT2D eigenvalue weighted by Crippen LogP contribution is 2.24. The van der Waals surface area contributed by atoms with E-state index in [1.807, 2.05) is 32.7 Å². The Labute approximate surface area is 158 Å². The van der Waals surface area contributed by atoms with Crippen molar-refractivity contribution in [2.45, 2.75) is 45.7 Å². The minimum absolute atomic E-state index is 0.0272. The Kier molecular flexibility index (Phi) is 5.31. The quantitative estimate of drug-likeness (QED) is 0.714. The number of hydrogen-bond acceptors (Lipinski definition) is 6. The molecule has 3 heterocycles. The van der Waals surface area contributed by atoms with Gasteiger partial charge in [-0.2, -0.15) is 5.10 Å². The third kappa shape index (κ3) is 4.02. The van der Waals surface area contributed by atoms with Gasteiger partial charge in [-0.3, -0.25) is 24.6 Å². The van der Waals surface area contributed by atoms with E-state index in [-0.39, 0.29) is 29.4 Å². The molecule has 1 aliphatic rings. The second-order valence-corrected chi connectivity index (χ2v) is 7.49. The Hall–Kier alpha value is -2.68. The Bertz CT molecular complexity index is 886. The number of rotatable bonds is 5. The van der Waals surface area contributed by atoms with Gasteiger partial charge in [0.05, 0.1) is 17.0 Å². The normalized spacial score (nSPS) is 17.3. The molecule has 9 nitrogen and oxygen atoms in total. The Morgan fingerprint density at radius 3 is 2.89 bits per heavy atom. The van der Waals surface area contributed by atoms with Gasteiger partial charge in [-0.05, 0) is 26.3 Å². The molecule has 1 amide bonds. The highest BCUT2D eigenvalue weighted by Gasteiger charge is 2.32. The number of aromatic nitrogens is 4. The van der Waals surface area contributed by atoms with Crippen molar-refractivity contribution in [3.8, 4) is 0 Å². The molecule has 0 radical (unpaired) electrons. The van der Waals surface area contributed by atoms with Gasteiger partial charge >= 0.3 is 0 Å². The lowest BCUT2D eigenvalue weighted by Crippen LogP contribution is -2.37. The summed E-state index contributed by atoms with van der Waals surface area (Å²) in [6.07, 6.45) is 0.870. The largest absolute Gasteiger partial charge is 0.369 e. The average Bonchev–Trinajstić information content (AvgIpc) is 3.20. The van der Waals surface area contributed by atoms with Crippen LogP contribution in [0.4, 0.5) is 5.95 Å². The maximum atomic E-state index is 13.0. The summed E-state index contributed by atoms with van der Waals surface area (Å²) in [6, 6.07) is 1.65. The molecule has 0 aromatic carbocycles. The first-order chi connectivity index (χ1) is 12.8. The highest BCUT2D eigenvalue weighted by atomic mass is 16.2. The number of amides is 1. The fraction of sp³-hybridized carbons (Fsp3) is 0.556. The van der Waals surface area contributed by atoms with Crippen LogP contribution in [0.3, 0.4) is 0 Å². The topological polar surface area (TPSA) is 124 Å². The molecule has 1 aliphatic heterocycles. The van der Waals surface area contributed by atoms with E-state index < -0.39 is 0 Å². The van der Waals surface area contributed by atoms with Gasteiger partial charge in [0.1, 0.15) is 0 Å². The summed E-state index contributed by atoms with van der Waals surface area (Å²) in [5.41, 5.74) is 8.29. The monoisotopic (exact) mass is 373 g/mol. The molecule has 9 heteroatoms. The molecule has 146 valence electrons. The number of H-pyrrole nitrogens is 2. The molecule has 1 fully saturated rings. The fourth-order valence-corrected chi connectivity index (χ4v) is 3.57. The number of nitrogens with two attached hydrogens (primary N) is 1. The van der Waals surface area contributed by atoms with E-state index in [1.54, 1.807) is 0 Å². The van der Waals surface area contributed by atoms with Crippen LogP contribution in [0, 0.1) is 6.92 Å². The van der Waals surface area contributed by atoms with E-state index in [1.165, 1.54) is 6.07 Å². The summed E-state index contributed by atoms with van der Waals surface area (Å²) in [5, 5.41) is 7.24. The zero-order chi connectivity index (χ0) is 19.7. The van der Waals surface area contributed by atoms with Crippen molar-refractivity contribution in [2.24, 2.45) is 0 Å². The molecule has 0 bridgehead atoms. The predicted molar refractivity (Wildman–Crippen MR) is 102 cm³/mol. The van der Waals surface area contributed by atoms with Crippen molar-refractivity contribution in [2.75, 3.05) is 25.9 Å². The molecule has 27 heavy (non-hydrogen) atoms. The van der Waals surface area contributed by atoms with Crippen LogP contribution >= 0.6 is 0 Å². The maximum absolute atomic E-state index is 13.0. The van der Waals surface area contributed by atoms with E-state index in [4.69, 9.17) is 5.73 Å². The van der Waals surface area contributed by atoms with Crippen LogP contribution in [0.15, 0.2) is 10.9 Å². The van der Waals surface area contributed by atoms with Crippen LogP contribution in [0.5, 0.6) is 0 Å². The zero-order valence-electron chi connectivity index (χ0n) is 16.2. The van der Waals surface area contributed by atoms with E-state index in [0.717, 1.165) is 17.8 Å². The van der Waals surface area contributed by atoms with Crippen LogP contribution in [0.25, 0.3) is 0 Å². The molecule has 1 saturated heterocycles. The maximum Gasteiger partial charge on any atom is 0.257 e. The highest BCUT2D eigenvalue weighted by molar-refractivity contribution is 5.96. The van der Waals surface area contributed by atoms with Crippen LogP contribution in [-0.4, -0.2) is 62.1 Å². The first-order valence-electron chi connectivity index (χ1n) is 9.16. The molecular weight excluding hydrogens is 346 g/mol. The smallest absolute Gasteiger partial charge is 0.257 e. The number of aromatic amines is 2. The Morgan fingerprint density at radius 2 is 2.22 bits per heavy atom. The van der Waals surface area contributed by atoms with Crippen molar-refractivity contribution in [3.63, 3.8) is 0 Å². The van der Waals surface area contributed by atoms with Crippen molar-refractivity contribution in [3.05, 3.63) is 39.1 Å². The van der Waals surface area contributed by atoms with E-state index in [0.29, 0.717) is 30.9 Å². The van der Waals surface area contributed by atoms with Gasteiger partial charge in [0, 0.05) is 37.4 Å². The summed E-state index contributed by atoms with van der Waals surface area (Å²) in [4.78, 5) is 35.2. The molecule has 0 unspecified atom stereocenters. The van der Waals surface area contributed by atoms with Gasteiger partial charge in [0.2, 0.25) is 5.95 Å². The van der Waals surface area contributed by atoms with Crippen LogP contribution in [-0.2, 0) is 6.54 Å². The minimum Gasteiger partial charge on any atom is -0.369 e. The molecule has 0 aliphatic carbocycles. The van der Waals surface area contributed by atoms with Gasteiger partial charge in [0.25, 0.3) is 11.5 Å². The molecule has 0 saturated carbocycles. The third-order valence-electron chi connectivity index (χ3n) is 5.03. The lowest BCUT2D eigenvalue weighted by atomic mass is 10.0. The van der Waals surface area contributed by atoms with Crippen LogP contribution < -0.4 is 11.3 Å². The van der Waals surface area contributed by atoms with Gasteiger partial charge in [-0.1, -0.05) is 13.8 Å². The lowest BCUT2D eigenvalue weighted by molar-refractivity contribution is 0.0777. The van der Waals surface area contributed by atoms with Crippen molar-refractivity contribution in [1.82, 2.24) is 30.0 Å². The number of anilines is 1. The summed E-state index contributed by atoms with van der Waals surface area (Å²) < 4.78 is 0. The number of likely N-dealkylation sites (N-methyl/N-ethyl adjacent to an activating group) is 1. The molecule has 0 spiro atoms. The molecular formula is C18H27N7O2. The van der Waals surface area contributed by atoms with Gasteiger partial charge in [-0.25, -0.2) is 4.98 Å². The third-order valence-corrected chi connectivity index (χ3v) is 5.03. The van der Waals surface area contributed by atoms with Gasteiger partial charge in [0.15, 0.2) is 0 Å². The van der Waals surface area contributed by atoms with Crippen LogP contribution in [0.2, 0.25) is 0 Å². The second kappa shape index (κ2) is 7.51. The summed E-state index contributed by atoms with van der Waals surface area (Å²) in [5.74, 6) is 0.327. The number of nitrogens with zero attached hydrogens (tertiary/aromatic N) is 4. The number of likely N-dealkylation sites (tertiary alicyclic amines) is 1. The molecule has 2 aromatic heterocycles. The SMILES string of the molecule is Cc1[nH]nc(C(C)C)c1C(=O)N1CC[C@@H](N(C)Cc2cc(=O)[nH]c(N)n2)C1. The number of aryl methyl sites for hydroxylation is 1.